The molecule has 1 unspecified atom stereocenters. The Bertz CT molecular complexity index is 988. The van der Waals surface area contributed by atoms with Crippen LogP contribution in [-0.2, 0) is 29.6 Å². The van der Waals surface area contributed by atoms with E-state index < -0.39 is 0 Å². The highest BCUT2D eigenvalue weighted by Crippen LogP contribution is 2.28. The van der Waals surface area contributed by atoms with Gasteiger partial charge in [0.25, 0.3) is 5.56 Å². The lowest BCUT2D eigenvalue weighted by atomic mass is 10.0. The fourth-order valence-electron chi connectivity index (χ4n) is 4.25. The molecule has 0 aliphatic carbocycles. The van der Waals surface area contributed by atoms with Gasteiger partial charge >= 0.3 is 0 Å². The molecule has 0 saturated carbocycles. The molecule has 7 nitrogen and oxygen atoms in total. The van der Waals surface area contributed by atoms with Crippen molar-refractivity contribution in [3.05, 3.63) is 57.5 Å². The molecule has 3 rings (SSSR count). The topological polar surface area (TPSA) is 67.7 Å². The van der Waals surface area contributed by atoms with Crippen LogP contribution in [0.15, 0.2) is 40.3 Å². The molecule has 0 bridgehead atoms. The van der Waals surface area contributed by atoms with Gasteiger partial charge < -0.3 is 14.5 Å². The molecule has 0 spiro atoms. The zero-order valence-electron chi connectivity index (χ0n) is 21.0. The standard InChI is InChI=1S/C26H38N4O3S/c1-5-7-13-23(25(32)30-16-14-29(6-2)15-17-30)34-26-27-22(19-33-4)21(24(31)28(26)3)18-20-11-9-8-10-12-20/h8-12,23H,5-7,13-19H2,1-4H3. The van der Waals surface area contributed by atoms with E-state index in [2.05, 4.69) is 18.7 Å². The van der Waals surface area contributed by atoms with Crippen LogP contribution in [0.3, 0.4) is 0 Å². The number of methoxy groups -OCH3 is 1. The van der Waals surface area contributed by atoms with Crippen molar-refractivity contribution in [3.63, 3.8) is 0 Å². The smallest absolute Gasteiger partial charge is 0.257 e. The number of hydrogen-bond acceptors (Lipinski definition) is 6. The number of carbonyl (C=O) groups excluding carboxylic acids is 1. The monoisotopic (exact) mass is 486 g/mol. The predicted octanol–water partition coefficient (Wildman–Crippen LogP) is 3.33. The summed E-state index contributed by atoms with van der Waals surface area (Å²) in [5.74, 6) is 0.158. The van der Waals surface area contributed by atoms with E-state index in [1.165, 1.54) is 11.8 Å². The molecule has 0 radical (unpaired) electrons. The highest BCUT2D eigenvalue weighted by atomic mass is 32.2. The number of aromatic nitrogens is 2. The van der Waals surface area contributed by atoms with Crippen LogP contribution in [0.25, 0.3) is 0 Å². The van der Waals surface area contributed by atoms with Gasteiger partial charge in [0.15, 0.2) is 5.16 Å². The van der Waals surface area contributed by atoms with Crippen LogP contribution in [0.5, 0.6) is 0 Å². The minimum Gasteiger partial charge on any atom is -0.378 e. The lowest BCUT2D eigenvalue weighted by Crippen LogP contribution is -2.50. The Kier molecular flexibility index (Phi) is 10.2. The van der Waals surface area contributed by atoms with E-state index in [9.17, 15) is 9.59 Å². The maximum absolute atomic E-state index is 13.5. The molecular formula is C26H38N4O3S. The van der Waals surface area contributed by atoms with Crippen molar-refractivity contribution >= 4 is 17.7 Å². The molecular weight excluding hydrogens is 448 g/mol. The zero-order valence-corrected chi connectivity index (χ0v) is 21.8. The van der Waals surface area contributed by atoms with E-state index in [-0.39, 0.29) is 23.3 Å². The summed E-state index contributed by atoms with van der Waals surface area (Å²) < 4.78 is 6.99. The van der Waals surface area contributed by atoms with Crippen LogP contribution in [-0.4, -0.2) is 70.3 Å². The van der Waals surface area contributed by atoms with Crippen LogP contribution >= 0.6 is 11.8 Å². The molecule has 1 amide bonds. The largest absolute Gasteiger partial charge is 0.378 e. The average molecular weight is 487 g/mol. The lowest BCUT2D eigenvalue weighted by molar-refractivity contribution is -0.132. The number of piperazine rings is 1. The predicted molar refractivity (Wildman–Crippen MR) is 137 cm³/mol. The molecule has 1 aliphatic heterocycles. The summed E-state index contributed by atoms with van der Waals surface area (Å²) in [5.41, 5.74) is 2.27. The van der Waals surface area contributed by atoms with Crippen molar-refractivity contribution < 1.29 is 9.53 Å². The summed E-state index contributed by atoms with van der Waals surface area (Å²) in [6.45, 7) is 8.91. The molecule has 2 heterocycles. The summed E-state index contributed by atoms with van der Waals surface area (Å²) in [7, 11) is 3.37. The van der Waals surface area contributed by atoms with Crippen molar-refractivity contribution in [2.24, 2.45) is 7.05 Å². The third-order valence-corrected chi connectivity index (χ3v) is 7.71. The quantitative estimate of drug-likeness (QED) is 0.359. The maximum Gasteiger partial charge on any atom is 0.257 e. The van der Waals surface area contributed by atoms with Gasteiger partial charge in [-0.25, -0.2) is 4.98 Å². The fraction of sp³-hybridized carbons (Fsp3) is 0.577. The van der Waals surface area contributed by atoms with E-state index in [1.54, 1.807) is 18.7 Å². The number of hydrogen-bond donors (Lipinski definition) is 0. The number of nitrogens with zero attached hydrogens (tertiary/aromatic N) is 4. The van der Waals surface area contributed by atoms with E-state index in [4.69, 9.17) is 9.72 Å². The minimum atomic E-state index is -0.249. The maximum atomic E-state index is 13.5. The van der Waals surface area contributed by atoms with Crippen molar-refractivity contribution in [1.82, 2.24) is 19.4 Å². The molecule has 1 aliphatic rings. The number of unbranched alkanes of at least 4 members (excludes halogenated alkanes) is 1. The number of ether oxygens (including phenoxy) is 1. The second-order valence-corrected chi connectivity index (χ2v) is 9.96. The number of amides is 1. The Morgan fingerprint density at radius 1 is 1.15 bits per heavy atom. The van der Waals surface area contributed by atoms with Crippen LogP contribution in [0.2, 0.25) is 0 Å². The van der Waals surface area contributed by atoms with Crippen LogP contribution in [0.1, 0.15) is 49.9 Å². The lowest BCUT2D eigenvalue weighted by Gasteiger charge is -2.35. The van der Waals surface area contributed by atoms with Gasteiger partial charge in [0.2, 0.25) is 5.91 Å². The van der Waals surface area contributed by atoms with Gasteiger partial charge in [-0.05, 0) is 18.5 Å². The summed E-state index contributed by atoms with van der Waals surface area (Å²) in [6, 6.07) is 9.92. The molecule has 2 aromatic rings. The van der Waals surface area contributed by atoms with Gasteiger partial charge in [-0.3, -0.25) is 14.2 Å². The highest BCUT2D eigenvalue weighted by Gasteiger charge is 2.29. The molecule has 1 atom stereocenters. The van der Waals surface area contributed by atoms with Crippen LogP contribution in [0.4, 0.5) is 0 Å². The van der Waals surface area contributed by atoms with Gasteiger partial charge in [0.05, 0.1) is 17.6 Å². The van der Waals surface area contributed by atoms with Gasteiger partial charge in [0.1, 0.15) is 0 Å². The first-order chi connectivity index (χ1) is 16.5. The van der Waals surface area contributed by atoms with E-state index >= 15 is 0 Å². The molecule has 1 aromatic carbocycles. The molecule has 1 fully saturated rings. The summed E-state index contributed by atoms with van der Waals surface area (Å²) in [5, 5.41) is 0.331. The first kappa shape index (κ1) is 26.4. The van der Waals surface area contributed by atoms with Crippen molar-refractivity contribution in [1.29, 1.82) is 0 Å². The normalized spacial score (nSPS) is 15.5. The molecule has 34 heavy (non-hydrogen) atoms. The van der Waals surface area contributed by atoms with Crippen LogP contribution in [0, 0.1) is 0 Å². The Morgan fingerprint density at radius 3 is 2.47 bits per heavy atom. The SMILES string of the molecule is CCCCC(Sc1nc(COC)c(Cc2ccccc2)c(=O)n1C)C(=O)N1CCN(CC)CC1. The number of carbonyl (C=O) groups is 1. The first-order valence-corrected chi connectivity index (χ1v) is 13.2. The molecule has 186 valence electrons. The molecule has 1 saturated heterocycles. The first-order valence-electron chi connectivity index (χ1n) is 12.3. The summed E-state index contributed by atoms with van der Waals surface area (Å²) >= 11 is 1.42. The van der Waals surface area contributed by atoms with Gasteiger partial charge in [-0.2, -0.15) is 0 Å². The molecule has 0 N–H and O–H groups in total. The number of rotatable bonds is 11. The van der Waals surface area contributed by atoms with Gasteiger partial charge in [-0.15, -0.1) is 0 Å². The van der Waals surface area contributed by atoms with E-state index in [1.807, 2.05) is 35.2 Å². The number of likely N-dealkylation sites (N-methyl/N-ethyl adjacent to an activating group) is 1. The zero-order chi connectivity index (χ0) is 24.5. The summed E-state index contributed by atoms with van der Waals surface area (Å²) in [6.07, 6.45) is 3.26. The Morgan fingerprint density at radius 2 is 1.85 bits per heavy atom. The second kappa shape index (κ2) is 13.1. The van der Waals surface area contributed by atoms with Gasteiger partial charge in [-0.1, -0.05) is 68.8 Å². The van der Waals surface area contributed by atoms with Crippen molar-refractivity contribution in [2.45, 2.75) is 56.5 Å². The number of thioether (sulfide) groups is 1. The summed E-state index contributed by atoms with van der Waals surface area (Å²) in [4.78, 5) is 36.0. The van der Waals surface area contributed by atoms with Crippen LogP contribution < -0.4 is 5.56 Å². The van der Waals surface area contributed by atoms with E-state index in [0.717, 1.165) is 57.5 Å². The molecule has 8 heteroatoms. The highest BCUT2D eigenvalue weighted by molar-refractivity contribution is 8.00. The van der Waals surface area contributed by atoms with Crippen molar-refractivity contribution in [3.8, 4) is 0 Å². The number of benzene rings is 1. The van der Waals surface area contributed by atoms with Crippen molar-refractivity contribution in [2.75, 3.05) is 39.8 Å². The minimum absolute atomic E-state index is 0.0772. The third kappa shape index (κ3) is 6.71. The second-order valence-electron chi connectivity index (χ2n) is 8.79. The Balaban J connectivity index is 1.86. The van der Waals surface area contributed by atoms with Gasteiger partial charge in [0, 0.05) is 52.3 Å². The average Bonchev–Trinajstić information content (AvgIpc) is 2.87. The Hall–Kier alpha value is -2.16. The third-order valence-electron chi connectivity index (χ3n) is 6.41. The van der Waals surface area contributed by atoms with E-state index in [0.29, 0.717) is 22.8 Å². The Labute approximate surface area is 207 Å². The molecule has 1 aromatic heterocycles. The fourth-order valence-corrected chi connectivity index (χ4v) is 5.44.